The van der Waals surface area contributed by atoms with Gasteiger partial charge in [0.25, 0.3) is 5.91 Å². The van der Waals surface area contributed by atoms with E-state index in [1.165, 1.54) is 6.07 Å². The third-order valence-corrected chi connectivity index (χ3v) is 2.89. The molecule has 0 aromatic heterocycles. The summed E-state index contributed by atoms with van der Waals surface area (Å²) in [5, 5.41) is 31.2. The standard InChI is InChI=1S/C14H13NO5/c16-11(14(19)20)7-15-13(18)10-6-5-8-3-1-2-4-9(8)12(10)17/h1-6,11,16-17H,7H2,(H,15,18)(H,19,20). The van der Waals surface area contributed by atoms with Crippen LogP contribution in [0.15, 0.2) is 36.4 Å². The quantitative estimate of drug-likeness (QED) is 0.657. The molecule has 0 radical (unpaired) electrons. The number of phenols is 1. The average molecular weight is 275 g/mol. The zero-order chi connectivity index (χ0) is 14.7. The van der Waals surface area contributed by atoms with E-state index >= 15 is 0 Å². The summed E-state index contributed by atoms with van der Waals surface area (Å²) in [7, 11) is 0. The number of carboxylic acids is 1. The van der Waals surface area contributed by atoms with Crippen molar-refractivity contribution < 1.29 is 24.9 Å². The van der Waals surface area contributed by atoms with Crippen molar-refractivity contribution in [3.63, 3.8) is 0 Å². The Hall–Kier alpha value is -2.60. The van der Waals surface area contributed by atoms with Crippen LogP contribution in [0.3, 0.4) is 0 Å². The van der Waals surface area contributed by atoms with Crippen LogP contribution < -0.4 is 5.32 Å². The van der Waals surface area contributed by atoms with Gasteiger partial charge in [-0.25, -0.2) is 4.79 Å². The Morgan fingerprint density at radius 1 is 1.15 bits per heavy atom. The number of hydrogen-bond donors (Lipinski definition) is 4. The first-order chi connectivity index (χ1) is 9.50. The number of carbonyl (C=O) groups is 2. The molecule has 20 heavy (non-hydrogen) atoms. The Labute approximate surface area is 114 Å². The molecule has 0 heterocycles. The number of carbonyl (C=O) groups excluding carboxylic acids is 1. The first-order valence-electron chi connectivity index (χ1n) is 5.90. The number of aliphatic hydroxyl groups is 1. The number of nitrogens with one attached hydrogen (secondary N) is 1. The maximum atomic E-state index is 11.9. The number of fused-ring (bicyclic) bond motifs is 1. The van der Waals surface area contributed by atoms with E-state index in [2.05, 4.69) is 5.32 Å². The molecule has 1 amide bonds. The lowest BCUT2D eigenvalue weighted by Gasteiger charge is -2.10. The molecule has 4 N–H and O–H groups in total. The second kappa shape index (κ2) is 5.58. The van der Waals surface area contributed by atoms with Gasteiger partial charge in [-0.2, -0.15) is 0 Å². The highest BCUT2D eigenvalue weighted by atomic mass is 16.4. The minimum Gasteiger partial charge on any atom is -0.506 e. The second-order valence-corrected chi connectivity index (χ2v) is 4.25. The van der Waals surface area contributed by atoms with Crippen molar-refractivity contribution in [2.75, 3.05) is 6.54 Å². The number of hydrogen-bond acceptors (Lipinski definition) is 4. The van der Waals surface area contributed by atoms with Crippen LogP contribution >= 0.6 is 0 Å². The molecule has 0 spiro atoms. The lowest BCUT2D eigenvalue weighted by Crippen LogP contribution is -2.36. The summed E-state index contributed by atoms with van der Waals surface area (Å²) in [5.74, 6) is -2.24. The molecule has 6 nitrogen and oxygen atoms in total. The molecule has 2 rings (SSSR count). The number of amides is 1. The highest BCUT2D eigenvalue weighted by Crippen LogP contribution is 2.28. The van der Waals surface area contributed by atoms with Crippen LogP contribution in [0.5, 0.6) is 5.75 Å². The highest BCUT2D eigenvalue weighted by molar-refractivity contribution is 6.03. The molecule has 104 valence electrons. The van der Waals surface area contributed by atoms with Crippen molar-refractivity contribution in [3.05, 3.63) is 42.0 Å². The van der Waals surface area contributed by atoms with Gasteiger partial charge >= 0.3 is 5.97 Å². The molecule has 6 heteroatoms. The summed E-state index contributed by atoms with van der Waals surface area (Å²) in [6.45, 7) is -0.430. The first-order valence-corrected chi connectivity index (χ1v) is 5.90. The van der Waals surface area contributed by atoms with E-state index in [9.17, 15) is 14.7 Å². The van der Waals surface area contributed by atoms with Crippen molar-refractivity contribution in [1.82, 2.24) is 5.32 Å². The Bertz CT molecular complexity index is 668. The van der Waals surface area contributed by atoms with Crippen molar-refractivity contribution in [2.45, 2.75) is 6.10 Å². The average Bonchev–Trinajstić information content (AvgIpc) is 2.45. The van der Waals surface area contributed by atoms with Crippen molar-refractivity contribution in [2.24, 2.45) is 0 Å². The zero-order valence-corrected chi connectivity index (χ0v) is 10.4. The summed E-state index contributed by atoms with van der Waals surface area (Å²) in [4.78, 5) is 22.3. The third-order valence-electron chi connectivity index (χ3n) is 2.89. The highest BCUT2D eigenvalue weighted by Gasteiger charge is 2.17. The molecule has 0 fully saturated rings. The molecule has 0 aliphatic carbocycles. The molecule has 0 bridgehead atoms. The largest absolute Gasteiger partial charge is 0.506 e. The van der Waals surface area contributed by atoms with Gasteiger partial charge < -0.3 is 20.6 Å². The number of carboxylic acid groups (broad SMARTS) is 1. The van der Waals surface area contributed by atoms with Gasteiger partial charge in [0.1, 0.15) is 5.75 Å². The Balaban J connectivity index is 2.22. The number of aliphatic carboxylic acids is 1. The van der Waals surface area contributed by atoms with Crippen LogP contribution in [-0.2, 0) is 4.79 Å². The van der Waals surface area contributed by atoms with Crippen LogP contribution in [0, 0.1) is 0 Å². The third kappa shape index (κ3) is 2.70. The fourth-order valence-electron chi connectivity index (χ4n) is 1.81. The molecule has 0 aliphatic heterocycles. The van der Waals surface area contributed by atoms with E-state index in [1.807, 2.05) is 6.07 Å². The second-order valence-electron chi connectivity index (χ2n) is 4.25. The number of aromatic hydroxyl groups is 1. The maximum absolute atomic E-state index is 11.9. The fourth-order valence-corrected chi connectivity index (χ4v) is 1.81. The van der Waals surface area contributed by atoms with Crippen molar-refractivity contribution >= 4 is 22.6 Å². The van der Waals surface area contributed by atoms with E-state index in [-0.39, 0.29) is 11.3 Å². The number of benzene rings is 2. The van der Waals surface area contributed by atoms with E-state index < -0.39 is 24.5 Å². The molecule has 2 aromatic carbocycles. The Kier molecular flexibility index (Phi) is 3.86. The van der Waals surface area contributed by atoms with E-state index in [0.717, 1.165) is 5.39 Å². The van der Waals surface area contributed by atoms with Gasteiger partial charge in [-0.05, 0) is 11.5 Å². The predicted octanol–water partition coefficient (Wildman–Crippen LogP) is 0.721. The summed E-state index contributed by atoms with van der Waals surface area (Å²) >= 11 is 0. The smallest absolute Gasteiger partial charge is 0.334 e. The van der Waals surface area contributed by atoms with Gasteiger partial charge in [0.15, 0.2) is 6.10 Å². The van der Waals surface area contributed by atoms with Crippen LogP contribution in [0.2, 0.25) is 0 Å². The molecule has 0 saturated heterocycles. The van der Waals surface area contributed by atoms with Crippen LogP contribution in [-0.4, -0.2) is 39.8 Å². The van der Waals surface area contributed by atoms with Gasteiger partial charge in [-0.3, -0.25) is 4.79 Å². The molecule has 1 unspecified atom stereocenters. The molecular formula is C14H13NO5. The fraction of sp³-hybridized carbons (Fsp3) is 0.143. The van der Waals surface area contributed by atoms with Gasteiger partial charge in [-0.15, -0.1) is 0 Å². The lowest BCUT2D eigenvalue weighted by molar-refractivity contribution is -0.146. The molecule has 1 atom stereocenters. The normalized spacial score (nSPS) is 12.1. The predicted molar refractivity (Wildman–Crippen MR) is 71.6 cm³/mol. The Morgan fingerprint density at radius 2 is 1.85 bits per heavy atom. The summed E-state index contributed by atoms with van der Waals surface area (Å²) in [6, 6.07) is 10.1. The van der Waals surface area contributed by atoms with E-state index in [0.29, 0.717) is 5.39 Å². The first kappa shape index (κ1) is 13.8. The summed E-state index contributed by atoms with van der Waals surface area (Å²) < 4.78 is 0. The SMILES string of the molecule is O=C(NCC(O)C(=O)O)c1ccc2ccccc2c1O. The minimum absolute atomic E-state index is 0.0290. The van der Waals surface area contributed by atoms with E-state index in [4.69, 9.17) is 10.2 Å². The van der Waals surface area contributed by atoms with Crippen molar-refractivity contribution in [1.29, 1.82) is 0 Å². The van der Waals surface area contributed by atoms with Crippen molar-refractivity contribution in [3.8, 4) is 5.75 Å². The molecule has 2 aromatic rings. The maximum Gasteiger partial charge on any atom is 0.334 e. The molecular weight excluding hydrogens is 262 g/mol. The summed E-state index contributed by atoms with van der Waals surface area (Å²) in [5.41, 5.74) is 0.0290. The number of phenolic OH excluding ortho intramolecular Hbond substituents is 1. The van der Waals surface area contributed by atoms with Crippen LogP contribution in [0.25, 0.3) is 10.8 Å². The van der Waals surface area contributed by atoms with Crippen LogP contribution in [0.1, 0.15) is 10.4 Å². The van der Waals surface area contributed by atoms with Gasteiger partial charge in [0.05, 0.1) is 12.1 Å². The summed E-state index contributed by atoms with van der Waals surface area (Å²) in [6.07, 6.45) is -1.68. The van der Waals surface area contributed by atoms with Crippen LogP contribution in [0.4, 0.5) is 0 Å². The monoisotopic (exact) mass is 275 g/mol. The van der Waals surface area contributed by atoms with Gasteiger partial charge in [-0.1, -0.05) is 30.3 Å². The topological polar surface area (TPSA) is 107 Å². The molecule has 0 aliphatic rings. The minimum atomic E-state index is -1.68. The molecule has 0 saturated carbocycles. The van der Waals surface area contributed by atoms with Gasteiger partial charge in [0, 0.05) is 5.39 Å². The lowest BCUT2D eigenvalue weighted by atomic mass is 10.0. The zero-order valence-electron chi connectivity index (χ0n) is 10.4. The Morgan fingerprint density at radius 3 is 2.55 bits per heavy atom. The number of rotatable bonds is 4. The van der Waals surface area contributed by atoms with Gasteiger partial charge in [0.2, 0.25) is 0 Å². The van der Waals surface area contributed by atoms with E-state index in [1.54, 1.807) is 24.3 Å². The number of aliphatic hydroxyl groups excluding tert-OH is 1.